The molecule has 16 heavy (non-hydrogen) atoms. The van der Waals surface area contributed by atoms with E-state index in [4.69, 9.17) is 4.74 Å². The van der Waals surface area contributed by atoms with E-state index >= 15 is 0 Å². The van der Waals surface area contributed by atoms with E-state index in [2.05, 4.69) is 12.2 Å². The zero-order chi connectivity index (χ0) is 11.4. The number of fused-ring (bicyclic) bond motifs is 1. The Morgan fingerprint density at radius 3 is 2.94 bits per heavy atom. The first-order chi connectivity index (χ1) is 7.81. The Hall–Kier alpha value is -0.570. The number of esters is 1. The van der Waals surface area contributed by atoms with Gasteiger partial charge in [0.05, 0.1) is 6.61 Å². The molecule has 0 aromatic rings. The van der Waals surface area contributed by atoms with Crippen molar-refractivity contribution in [2.24, 2.45) is 5.92 Å². The van der Waals surface area contributed by atoms with Gasteiger partial charge in [0, 0.05) is 6.04 Å². The van der Waals surface area contributed by atoms with Crippen LogP contribution >= 0.6 is 0 Å². The van der Waals surface area contributed by atoms with Crippen LogP contribution in [0.4, 0.5) is 0 Å². The Balaban J connectivity index is 1.76. The zero-order valence-electron chi connectivity index (χ0n) is 10.2. The first-order valence-corrected chi connectivity index (χ1v) is 6.74. The first kappa shape index (κ1) is 11.9. The van der Waals surface area contributed by atoms with Crippen LogP contribution in [0.1, 0.15) is 51.9 Å². The van der Waals surface area contributed by atoms with Gasteiger partial charge in [-0.1, -0.05) is 26.2 Å². The second kappa shape index (κ2) is 5.67. The maximum Gasteiger partial charge on any atom is 0.323 e. The van der Waals surface area contributed by atoms with E-state index in [-0.39, 0.29) is 12.0 Å². The molecule has 0 aromatic carbocycles. The first-order valence-electron chi connectivity index (χ1n) is 6.74. The molecule has 3 atom stereocenters. The summed E-state index contributed by atoms with van der Waals surface area (Å²) in [4.78, 5) is 11.8. The molecule has 0 bridgehead atoms. The standard InChI is InChI=1S/C13H23NO2/c1-2-3-8-16-13(15)12-9-10-6-4-5-7-11(10)14-12/h10-12,14H,2-9H2,1H3. The molecule has 2 fully saturated rings. The fraction of sp³-hybridized carbons (Fsp3) is 0.923. The van der Waals surface area contributed by atoms with E-state index in [0.29, 0.717) is 12.6 Å². The van der Waals surface area contributed by atoms with Gasteiger partial charge in [0.25, 0.3) is 0 Å². The summed E-state index contributed by atoms with van der Waals surface area (Å²) in [5.74, 6) is 0.695. The lowest BCUT2D eigenvalue weighted by Gasteiger charge is -2.24. The van der Waals surface area contributed by atoms with Gasteiger partial charge in [-0.15, -0.1) is 0 Å². The molecule has 0 aromatic heterocycles. The van der Waals surface area contributed by atoms with Crippen LogP contribution < -0.4 is 5.32 Å². The van der Waals surface area contributed by atoms with Gasteiger partial charge in [0.1, 0.15) is 6.04 Å². The van der Waals surface area contributed by atoms with Crippen LogP contribution in [0.15, 0.2) is 0 Å². The van der Waals surface area contributed by atoms with Gasteiger partial charge in [0.2, 0.25) is 0 Å². The molecule has 1 heterocycles. The van der Waals surface area contributed by atoms with Crippen molar-refractivity contribution < 1.29 is 9.53 Å². The Kier molecular flexibility index (Phi) is 4.22. The van der Waals surface area contributed by atoms with Crippen LogP contribution in [0.5, 0.6) is 0 Å². The van der Waals surface area contributed by atoms with Crippen molar-refractivity contribution in [3.8, 4) is 0 Å². The quantitative estimate of drug-likeness (QED) is 0.589. The molecule has 3 nitrogen and oxygen atoms in total. The summed E-state index contributed by atoms with van der Waals surface area (Å²) in [6.45, 7) is 2.69. The van der Waals surface area contributed by atoms with Crippen LogP contribution in [0.2, 0.25) is 0 Å². The number of rotatable bonds is 4. The number of ether oxygens (including phenoxy) is 1. The van der Waals surface area contributed by atoms with Crippen molar-refractivity contribution in [2.45, 2.75) is 64.0 Å². The number of nitrogens with one attached hydrogen (secondary N) is 1. The fourth-order valence-corrected chi connectivity index (χ4v) is 2.92. The molecular weight excluding hydrogens is 202 g/mol. The number of hydrogen-bond acceptors (Lipinski definition) is 3. The predicted molar refractivity (Wildman–Crippen MR) is 63.2 cm³/mol. The topological polar surface area (TPSA) is 38.3 Å². The molecule has 0 radical (unpaired) electrons. The monoisotopic (exact) mass is 225 g/mol. The summed E-state index contributed by atoms with van der Waals surface area (Å²) in [6.07, 6.45) is 8.23. The average molecular weight is 225 g/mol. The minimum Gasteiger partial charge on any atom is -0.465 e. The second-order valence-corrected chi connectivity index (χ2v) is 5.13. The van der Waals surface area contributed by atoms with Crippen molar-refractivity contribution in [1.29, 1.82) is 0 Å². The number of unbranched alkanes of at least 4 members (excludes halogenated alkanes) is 1. The van der Waals surface area contributed by atoms with Crippen molar-refractivity contribution in [2.75, 3.05) is 6.61 Å². The van der Waals surface area contributed by atoms with Crippen molar-refractivity contribution >= 4 is 5.97 Å². The van der Waals surface area contributed by atoms with Gasteiger partial charge in [-0.3, -0.25) is 4.79 Å². The summed E-state index contributed by atoms with van der Waals surface area (Å²) < 4.78 is 5.27. The van der Waals surface area contributed by atoms with E-state index in [1.807, 2.05) is 0 Å². The molecule has 3 unspecified atom stereocenters. The molecule has 1 saturated carbocycles. The van der Waals surface area contributed by atoms with Crippen LogP contribution in [0, 0.1) is 5.92 Å². The smallest absolute Gasteiger partial charge is 0.323 e. The SMILES string of the molecule is CCCCOC(=O)C1CC2CCCCC2N1. The maximum absolute atomic E-state index is 11.8. The molecule has 1 saturated heterocycles. The van der Waals surface area contributed by atoms with E-state index in [1.54, 1.807) is 0 Å². The maximum atomic E-state index is 11.8. The summed E-state index contributed by atoms with van der Waals surface area (Å²) in [5.41, 5.74) is 0. The lowest BCUT2D eigenvalue weighted by molar-refractivity contribution is -0.146. The van der Waals surface area contributed by atoms with Gasteiger partial charge >= 0.3 is 5.97 Å². The normalized spacial score (nSPS) is 33.4. The molecule has 0 spiro atoms. The van der Waals surface area contributed by atoms with Crippen LogP contribution in [0.25, 0.3) is 0 Å². The highest BCUT2D eigenvalue weighted by Crippen LogP contribution is 2.33. The third kappa shape index (κ3) is 2.76. The summed E-state index contributed by atoms with van der Waals surface area (Å²) in [7, 11) is 0. The fourth-order valence-electron chi connectivity index (χ4n) is 2.92. The zero-order valence-corrected chi connectivity index (χ0v) is 10.2. The summed E-state index contributed by atoms with van der Waals surface area (Å²) in [6, 6.07) is 0.558. The summed E-state index contributed by atoms with van der Waals surface area (Å²) in [5, 5.41) is 3.45. The average Bonchev–Trinajstić information content (AvgIpc) is 2.73. The highest BCUT2D eigenvalue weighted by Gasteiger charge is 2.38. The predicted octanol–water partition coefficient (Wildman–Crippen LogP) is 2.25. The highest BCUT2D eigenvalue weighted by atomic mass is 16.5. The Morgan fingerprint density at radius 1 is 1.38 bits per heavy atom. The minimum absolute atomic E-state index is 0.0232. The van der Waals surface area contributed by atoms with Crippen molar-refractivity contribution in [3.05, 3.63) is 0 Å². The van der Waals surface area contributed by atoms with E-state index in [0.717, 1.165) is 25.2 Å². The third-order valence-corrected chi connectivity index (χ3v) is 3.89. The lowest BCUT2D eigenvalue weighted by atomic mass is 9.85. The molecule has 1 N–H and O–H groups in total. The van der Waals surface area contributed by atoms with Gasteiger partial charge in [-0.05, 0) is 31.6 Å². The molecule has 2 rings (SSSR count). The van der Waals surface area contributed by atoms with Crippen LogP contribution in [0.3, 0.4) is 0 Å². The highest BCUT2D eigenvalue weighted by molar-refractivity contribution is 5.76. The van der Waals surface area contributed by atoms with Crippen molar-refractivity contribution in [3.63, 3.8) is 0 Å². The van der Waals surface area contributed by atoms with E-state index in [9.17, 15) is 4.79 Å². The van der Waals surface area contributed by atoms with Crippen molar-refractivity contribution in [1.82, 2.24) is 5.32 Å². The van der Waals surface area contributed by atoms with Gasteiger partial charge in [-0.2, -0.15) is 0 Å². The van der Waals surface area contributed by atoms with E-state index < -0.39 is 0 Å². The number of carbonyl (C=O) groups is 1. The molecular formula is C13H23NO2. The van der Waals surface area contributed by atoms with Gasteiger partial charge in [0.15, 0.2) is 0 Å². The number of carbonyl (C=O) groups excluding carboxylic acids is 1. The Bertz CT molecular complexity index is 228. The molecule has 1 aliphatic carbocycles. The minimum atomic E-state index is -0.0251. The lowest BCUT2D eigenvalue weighted by Crippen LogP contribution is -2.38. The van der Waals surface area contributed by atoms with E-state index in [1.165, 1.54) is 25.7 Å². The largest absolute Gasteiger partial charge is 0.465 e. The number of hydrogen-bond donors (Lipinski definition) is 1. The molecule has 2 aliphatic rings. The Morgan fingerprint density at radius 2 is 2.19 bits per heavy atom. The van der Waals surface area contributed by atoms with Gasteiger partial charge < -0.3 is 10.1 Å². The van der Waals surface area contributed by atoms with Crippen LogP contribution in [-0.4, -0.2) is 24.7 Å². The molecule has 3 heteroatoms. The molecule has 0 amide bonds. The third-order valence-electron chi connectivity index (χ3n) is 3.89. The van der Waals surface area contributed by atoms with Crippen LogP contribution in [-0.2, 0) is 9.53 Å². The second-order valence-electron chi connectivity index (χ2n) is 5.13. The Labute approximate surface area is 97.9 Å². The summed E-state index contributed by atoms with van der Waals surface area (Å²) >= 11 is 0. The molecule has 92 valence electrons. The molecule has 1 aliphatic heterocycles. The van der Waals surface area contributed by atoms with Gasteiger partial charge in [-0.25, -0.2) is 0 Å².